The lowest BCUT2D eigenvalue weighted by Crippen LogP contribution is -2.10. The van der Waals surface area contributed by atoms with Crippen molar-refractivity contribution in [1.29, 1.82) is 0 Å². The maximum atomic E-state index is 13.4. The number of aromatic amines is 1. The van der Waals surface area contributed by atoms with Crippen LogP contribution >= 0.6 is 0 Å². The van der Waals surface area contributed by atoms with Gasteiger partial charge in [0.1, 0.15) is 11.6 Å². The molecule has 0 unspecified atom stereocenters. The number of halogens is 1. The summed E-state index contributed by atoms with van der Waals surface area (Å²) in [6.45, 7) is 3.61. The van der Waals surface area contributed by atoms with Gasteiger partial charge in [-0.15, -0.1) is 0 Å². The van der Waals surface area contributed by atoms with Gasteiger partial charge >= 0.3 is 0 Å². The van der Waals surface area contributed by atoms with Crippen molar-refractivity contribution in [3.8, 4) is 11.4 Å². The minimum atomic E-state index is -0.299. The predicted molar refractivity (Wildman–Crippen MR) is 64.4 cm³/mol. The lowest BCUT2D eigenvalue weighted by molar-refractivity contribution is 0.619. The van der Waals surface area contributed by atoms with Crippen LogP contribution in [0.3, 0.4) is 0 Å². The van der Waals surface area contributed by atoms with E-state index in [0.29, 0.717) is 29.1 Å². The van der Waals surface area contributed by atoms with Crippen molar-refractivity contribution in [3.05, 3.63) is 51.7 Å². The quantitative estimate of drug-likeness (QED) is 0.864. The molecule has 17 heavy (non-hydrogen) atoms. The molecule has 0 aliphatic carbocycles. The smallest absolute Gasteiger partial charge is 0.251 e. The number of aromatic nitrogens is 2. The van der Waals surface area contributed by atoms with Crippen LogP contribution in [0.15, 0.2) is 29.1 Å². The fourth-order valence-electron chi connectivity index (χ4n) is 1.57. The minimum absolute atomic E-state index is 0.215. The number of H-pyrrole nitrogens is 1. The zero-order valence-electron chi connectivity index (χ0n) is 9.75. The van der Waals surface area contributed by atoms with E-state index in [-0.39, 0.29) is 11.4 Å². The summed E-state index contributed by atoms with van der Waals surface area (Å²) in [5.41, 5.74) is 1.64. The van der Waals surface area contributed by atoms with Gasteiger partial charge in [0.15, 0.2) is 0 Å². The van der Waals surface area contributed by atoms with Crippen LogP contribution in [-0.2, 0) is 6.42 Å². The highest BCUT2D eigenvalue weighted by Gasteiger charge is 2.05. The van der Waals surface area contributed by atoms with Crippen molar-refractivity contribution in [2.45, 2.75) is 20.3 Å². The highest BCUT2D eigenvalue weighted by atomic mass is 19.1. The average Bonchev–Trinajstić information content (AvgIpc) is 2.32. The van der Waals surface area contributed by atoms with E-state index in [1.165, 1.54) is 12.1 Å². The molecule has 4 heteroatoms. The van der Waals surface area contributed by atoms with Gasteiger partial charge in [-0.05, 0) is 25.0 Å². The van der Waals surface area contributed by atoms with E-state index in [2.05, 4.69) is 9.97 Å². The average molecular weight is 232 g/mol. The molecule has 88 valence electrons. The van der Waals surface area contributed by atoms with Crippen LogP contribution < -0.4 is 5.56 Å². The molecule has 2 rings (SSSR count). The topological polar surface area (TPSA) is 45.8 Å². The Balaban J connectivity index is 2.55. The Morgan fingerprint density at radius 2 is 2.12 bits per heavy atom. The summed E-state index contributed by atoms with van der Waals surface area (Å²) in [5, 5.41) is 0. The number of benzene rings is 1. The van der Waals surface area contributed by atoms with Gasteiger partial charge in [0.05, 0.1) is 0 Å². The number of hydrogen-bond acceptors (Lipinski definition) is 2. The molecular formula is C13H13FN2O. The van der Waals surface area contributed by atoms with Gasteiger partial charge in [-0.1, -0.05) is 19.1 Å². The first-order chi connectivity index (χ1) is 8.10. The standard InChI is InChI=1S/C13H13FN2O/c1-3-10-7-12(17)16-13(15-10)9-5-4-8(2)11(14)6-9/h4-7H,3H2,1-2H3,(H,15,16,17). The largest absolute Gasteiger partial charge is 0.307 e. The van der Waals surface area contributed by atoms with Crippen LogP contribution in [0, 0.1) is 12.7 Å². The molecule has 0 aliphatic rings. The number of aryl methyl sites for hydroxylation is 2. The van der Waals surface area contributed by atoms with Crippen LogP contribution in [0.4, 0.5) is 4.39 Å². The molecule has 0 fully saturated rings. The molecule has 1 N–H and O–H groups in total. The second kappa shape index (κ2) is 4.49. The molecule has 0 bridgehead atoms. The highest BCUT2D eigenvalue weighted by molar-refractivity contribution is 5.55. The lowest BCUT2D eigenvalue weighted by Gasteiger charge is -2.04. The molecule has 0 radical (unpaired) electrons. The zero-order chi connectivity index (χ0) is 12.4. The van der Waals surface area contributed by atoms with Crippen LogP contribution in [0.1, 0.15) is 18.2 Å². The summed E-state index contributed by atoms with van der Waals surface area (Å²) < 4.78 is 13.4. The first-order valence-electron chi connectivity index (χ1n) is 5.47. The molecule has 1 aromatic carbocycles. The fraction of sp³-hybridized carbons (Fsp3) is 0.231. The summed E-state index contributed by atoms with van der Waals surface area (Å²) >= 11 is 0. The Morgan fingerprint density at radius 1 is 1.35 bits per heavy atom. The van der Waals surface area contributed by atoms with Crippen LogP contribution in [-0.4, -0.2) is 9.97 Å². The van der Waals surface area contributed by atoms with Crippen molar-refractivity contribution in [2.75, 3.05) is 0 Å². The van der Waals surface area contributed by atoms with Gasteiger partial charge in [0.25, 0.3) is 5.56 Å². The molecule has 0 amide bonds. The second-order valence-electron chi connectivity index (χ2n) is 3.90. The van der Waals surface area contributed by atoms with E-state index < -0.39 is 0 Å². The second-order valence-corrected chi connectivity index (χ2v) is 3.90. The first-order valence-corrected chi connectivity index (χ1v) is 5.47. The highest BCUT2D eigenvalue weighted by Crippen LogP contribution is 2.17. The van der Waals surface area contributed by atoms with Crippen molar-refractivity contribution in [3.63, 3.8) is 0 Å². The van der Waals surface area contributed by atoms with Crippen LogP contribution in [0.25, 0.3) is 11.4 Å². The van der Waals surface area contributed by atoms with Gasteiger partial charge in [0, 0.05) is 17.3 Å². The fourth-order valence-corrected chi connectivity index (χ4v) is 1.57. The van der Waals surface area contributed by atoms with Gasteiger partial charge in [-0.25, -0.2) is 9.37 Å². The molecule has 0 saturated heterocycles. The summed E-state index contributed by atoms with van der Waals surface area (Å²) in [6, 6.07) is 6.25. The maximum absolute atomic E-state index is 13.4. The van der Waals surface area contributed by atoms with Gasteiger partial charge in [0.2, 0.25) is 0 Å². The minimum Gasteiger partial charge on any atom is -0.307 e. The molecule has 0 spiro atoms. The molecular weight excluding hydrogens is 219 g/mol. The first kappa shape index (κ1) is 11.5. The van der Waals surface area contributed by atoms with Crippen molar-refractivity contribution in [1.82, 2.24) is 9.97 Å². The summed E-state index contributed by atoms with van der Waals surface area (Å²) in [7, 11) is 0. The van der Waals surface area contributed by atoms with Crippen molar-refractivity contribution < 1.29 is 4.39 Å². The van der Waals surface area contributed by atoms with Gasteiger partial charge in [-0.3, -0.25) is 4.79 Å². The lowest BCUT2D eigenvalue weighted by atomic mass is 10.1. The molecule has 0 saturated carbocycles. The number of hydrogen-bond donors (Lipinski definition) is 1. The zero-order valence-corrected chi connectivity index (χ0v) is 9.75. The Bertz CT molecular complexity index is 605. The predicted octanol–water partition coefficient (Wildman–Crippen LogP) is 2.45. The summed E-state index contributed by atoms with van der Waals surface area (Å²) in [5.74, 6) is 0.111. The molecule has 1 heterocycles. The van der Waals surface area contributed by atoms with Gasteiger partial charge < -0.3 is 4.98 Å². The molecule has 2 aromatic rings. The molecule has 1 aromatic heterocycles. The normalized spacial score (nSPS) is 10.5. The van der Waals surface area contributed by atoms with Gasteiger partial charge in [-0.2, -0.15) is 0 Å². The van der Waals surface area contributed by atoms with E-state index in [1.807, 2.05) is 6.92 Å². The molecule has 3 nitrogen and oxygen atoms in total. The Hall–Kier alpha value is -1.97. The Morgan fingerprint density at radius 3 is 2.76 bits per heavy atom. The third kappa shape index (κ3) is 2.41. The maximum Gasteiger partial charge on any atom is 0.251 e. The molecule has 0 atom stereocenters. The summed E-state index contributed by atoms with van der Waals surface area (Å²) in [4.78, 5) is 18.3. The van der Waals surface area contributed by atoms with E-state index >= 15 is 0 Å². The monoisotopic (exact) mass is 232 g/mol. The number of rotatable bonds is 2. The van der Waals surface area contributed by atoms with Crippen molar-refractivity contribution in [2.24, 2.45) is 0 Å². The summed E-state index contributed by atoms with van der Waals surface area (Å²) in [6.07, 6.45) is 0.672. The third-order valence-electron chi connectivity index (χ3n) is 2.60. The van der Waals surface area contributed by atoms with E-state index in [0.717, 1.165) is 0 Å². The Labute approximate surface area is 98.3 Å². The van der Waals surface area contributed by atoms with E-state index in [9.17, 15) is 9.18 Å². The number of nitrogens with one attached hydrogen (secondary N) is 1. The molecule has 0 aliphatic heterocycles. The SMILES string of the molecule is CCc1cc(=O)[nH]c(-c2ccc(C)c(F)c2)n1. The van der Waals surface area contributed by atoms with Crippen molar-refractivity contribution >= 4 is 0 Å². The van der Waals surface area contributed by atoms with Crippen LogP contribution in [0.2, 0.25) is 0 Å². The Kier molecular flexibility index (Phi) is 3.04. The van der Waals surface area contributed by atoms with Crippen LogP contribution in [0.5, 0.6) is 0 Å². The van der Waals surface area contributed by atoms with E-state index in [4.69, 9.17) is 0 Å². The number of nitrogens with zero attached hydrogens (tertiary/aromatic N) is 1. The van der Waals surface area contributed by atoms with E-state index in [1.54, 1.807) is 19.1 Å². The third-order valence-corrected chi connectivity index (χ3v) is 2.60.